The van der Waals surface area contributed by atoms with Gasteiger partial charge in [-0.1, -0.05) is 12.8 Å². The third-order valence-corrected chi connectivity index (χ3v) is 7.43. The minimum absolute atomic E-state index is 0.0398. The molecule has 5 rings (SSSR count). The first-order chi connectivity index (χ1) is 11.9. The van der Waals surface area contributed by atoms with Crippen LogP contribution < -0.4 is 5.32 Å². The number of nitrogens with zero attached hydrogens (tertiary/aromatic N) is 2. The predicted molar refractivity (Wildman–Crippen MR) is 92.9 cm³/mol. The highest BCUT2D eigenvalue weighted by molar-refractivity contribution is 6.09. The lowest BCUT2D eigenvalue weighted by molar-refractivity contribution is -0.140. The average molecular weight is 347 g/mol. The number of fused-ring (bicyclic) bond motifs is 3. The van der Waals surface area contributed by atoms with E-state index in [-0.39, 0.29) is 36.2 Å². The highest BCUT2D eigenvalue weighted by Crippen LogP contribution is 2.52. The summed E-state index contributed by atoms with van der Waals surface area (Å²) in [6.07, 6.45) is 7.68. The van der Waals surface area contributed by atoms with Crippen molar-refractivity contribution in [2.45, 2.75) is 63.5 Å². The Bertz CT molecular complexity index is 593. The molecule has 0 spiro atoms. The first kappa shape index (κ1) is 17.0. The summed E-state index contributed by atoms with van der Waals surface area (Å²) in [5.74, 6) is 1.25. The molecule has 3 aliphatic carbocycles. The van der Waals surface area contributed by atoms with Gasteiger partial charge in [0.1, 0.15) is 5.54 Å². The molecule has 3 saturated carbocycles. The number of nitrogens with one attached hydrogen (secondary N) is 1. The quantitative estimate of drug-likeness (QED) is 0.787. The second kappa shape index (κ2) is 6.08. The lowest BCUT2D eigenvalue weighted by Crippen LogP contribution is -2.56. The van der Waals surface area contributed by atoms with Crippen molar-refractivity contribution in [2.75, 3.05) is 20.1 Å². The fourth-order valence-corrected chi connectivity index (χ4v) is 5.72. The van der Waals surface area contributed by atoms with E-state index in [1.807, 2.05) is 6.92 Å². The normalized spacial score (nSPS) is 41.0. The highest BCUT2D eigenvalue weighted by atomic mass is 16.2. The first-order valence-corrected chi connectivity index (χ1v) is 9.78. The molecule has 138 valence electrons. The second-order valence-corrected chi connectivity index (χ2v) is 8.62. The number of imide groups is 1. The number of amides is 3. The minimum Gasteiger partial charge on any atom is -0.313 e. The molecule has 5 fully saturated rings. The van der Waals surface area contributed by atoms with Crippen LogP contribution in [0.15, 0.2) is 0 Å². The number of rotatable bonds is 4. The fraction of sp³-hybridized carbons (Fsp3) is 0.842. The molecule has 1 N–H and O–H groups in total. The molecule has 0 aromatic carbocycles. The summed E-state index contributed by atoms with van der Waals surface area (Å²) in [6, 6.07) is -0.510. The molecule has 3 amide bonds. The lowest BCUT2D eigenvalue weighted by Gasteiger charge is -2.49. The standard InChI is InChI=1S/C19H29N3O3/c1-19(14-10-12-5-7-13(14)8-6-12)17(24)22(18(25)21(19)2)11-16(23)15-4-3-9-20-15/h12-15,20H,3-11H2,1-2H3/t12-,13+,14?,15?,19?. The molecule has 0 aromatic rings. The van der Waals surface area contributed by atoms with Crippen LogP contribution in [-0.4, -0.2) is 59.2 Å². The third kappa shape index (κ3) is 2.52. The van der Waals surface area contributed by atoms with Crippen molar-refractivity contribution in [2.24, 2.45) is 17.8 Å². The molecule has 0 radical (unpaired) electrons. The second-order valence-electron chi connectivity index (χ2n) is 8.62. The van der Waals surface area contributed by atoms with Gasteiger partial charge in [-0.05, 0) is 63.3 Å². The molecular formula is C19H29N3O3. The van der Waals surface area contributed by atoms with Gasteiger partial charge >= 0.3 is 6.03 Å². The molecule has 2 aliphatic heterocycles. The average Bonchev–Trinajstić information content (AvgIpc) is 3.23. The number of carbonyl (C=O) groups excluding carboxylic acids is 3. The number of hydrogen-bond acceptors (Lipinski definition) is 4. The van der Waals surface area contributed by atoms with E-state index in [1.165, 1.54) is 30.6 Å². The van der Waals surface area contributed by atoms with E-state index < -0.39 is 5.54 Å². The van der Waals surface area contributed by atoms with E-state index in [2.05, 4.69) is 5.32 Å². The van der Waals surface area contributed by atoms with Crippen LogP contribution in [0.1, 0.15) is 51.9 Å². The summed E-state index contributed by atoms with van der Waals surface area (Å²) in [5.41, 5.74) is -0.787. The number of hydrogen-bond donors (Lipinski definition) is 1. The van der Waals surface area contributed by atoms with Crippen molar-refractivity contribution < 1.29 is 14.4 Å². The SMILES string of the molecule is CN1C(=O)N(CC(=O)C2CCCN2)C(=O)C1(C)C1C[C@H]2CC[C@@H]1CC2. The van der Waals surface area contributed by atoms with Gasteiger partial charge in [-0.2, -0.15) is 0 Å². The van der Waals surface area contributed by atoms with E-state index in [4.69, 9.17) is 0 Å². The number of urea groups is 1. The van der Waals surface area contributed by atoms with Crippen molar-refractivity contribution in [3.05, 3.63) is 0 Å². The van der Waals surface area contributed by atoms with Crippen molar-refractivity contribution in [3.8, 4) is 0 Å². The maximum Gasteiger partial charge on any atom is 0.327 e. The number of likely N-dealkylation sites (N-methyl/N-ethyl adjacent to an activating group) is 1. The molecule has 3 atom stereocenters. The Balaban J connectivity index is 1.54. The van der Waals surface area contributed by atoms with Gasteiger partial charge in [-0.25, -0.2) is 4.79 Å². The molecule has 3 unspecified atom stereocenters. The van der Waals surface area contributed by atoms with E-state index in [0.29, 0.717) is 11.8 Å². The topological polar surface area (TPSA) is 69.7 Å². The molecule has 2 bridgehead atoms. The van der Waals surface area contributed by atoms with Gasteiger partial charge < -0.3 is 10.2 Å². The van der Waals surface area contributed by atoms with Crippen molar-refractivity contribution in [1.82, 2.24) is 15.1 Å². The zero-order valence-electron chi connectivity index (χ0n) is 15.3. The summed E-state index contributed by atoms with van der Waals surface area (Å²) < 4.78 is 0. The van der Waals surface area contributed by atoms with Gasteiger partial charge in [0.25, 0.3) is 5.91 Å². The Morgan fingerprint density at radius 3 is 2.48 bits per heavy atom. The van der Waals surface area contributed by atoms with Crippen molar-refractivity contribution in [1.29, 1.82) is 0 Å². The van der Waals surface area contributed by atoms with Gasteiger partial charge in [0.05, 0.1) is 12.6 Å². The van der Waals surface area contributed by atoms with Crippen LogP contribution in [0, 0.1) is 17.8 Å². The third-order valence-electron chi connectivity index (χ3n) is 7.43. The van der Waals surface area contributed by atoms with E-state index in [9.17, 15) is 14.4 Å². The molecule has 2 heterocycles. The Hall–Kier alpha value is -1.43. The minimum atomic E-state index is -0.787. The van der Waals surface area contributed by atoms with Crippen LogP contribution in [-0.2, 0) is 9.59 Å². The van der Waals surface area contributed by atoms with E-state index in [0.717, 1.165) is 25.8 Å². The Labute approximate surface area is 149 Å². The van der Waals surface area contributed by atoms with Crippen LogP contribution in [0.3, 0.4) is 0 Å². The summed E-state index contributed by atoms with van der Waals surface area (Å²) in [5, 5.41) is 3.16. The van der Waals surface area contributed by atoms with Crippen LogP contribution in [0.25, 0.3) is 0 Å². The maximum atomic E-state index is 13.3. The molecule has 2 saturated heterocycles. The molecule has 6 heteroatoms. The molecule has 6 nitrogen and oxygen atoms in total. The van der Waals surface area contributed by atoms with E-state index in [1.54, 1.807) is 11.9 Å². The monoisotopic (exact) mass is 347 g/mol. The maximum absolute atomic E-state index is 13.3. The number of carbonyl (C=O) groups is 3. The predicted octanol–water partition coefficient (Wildman–Crippen LogP) is 1.79. The molecule has 25 heavy (non-hydrogen) atoms. The summed E-state index contributed by atoms with van der Waals surface area (Å²) in [6.45, 7) is 2.67. The Kier molecular flexibility index (Phi) is 4.13. The highest BCUT2D eigenvalue weighted by Gasteiger charge is 2.60. The number of Topliss-reactive ketones (excluding diaryl/α,β-unsaturated/α-hetero) is 1. The zero-order chi connectivity index (χ0) is 17.8. The smallest absolute Gasteiger partial charge is 0.313 e. The summed E-state index contributed by atoms with van der Waals surface area (Å²) in [4.78, 5) is 41.4. The van der Waals surface area contributed by atoms with Crippen LogP contribution >= 0.6 is 0 Å². The largest absolute Gasteiger partial charge is 0.327 e. The van der Waals surface area contributed by atoms with Gasteiger partial charge in [-0.15, -0.1) is 0 Å². The van der Waals surface area contributed by atoms with Crippen LogP contribution in [0.5, 0.6) is 0 Å². The lowest BCUT2D eigenvalue weighted by atomic mass is 9.59. The van der Waals surface area contributed by atoms with Crippen LogP contribution in [0.4, 0.5) is 4.79 Å². The Morgan fingerprint density at radius 1 is 1.20 bits per heavy atom. The van der Waals surface area contributed by atoms with Gasteiger partial charge in [-0.3, -0.25) is 14.5 Å². The Morgan fingerprint density at radius 2 is 1.92 bits per heavy atom. The van der Waals surface area contributed by atoms with Gasteiger partial charge in [0.15, 0.2) is 5.78 Å². The van der Waals surface area contributed by atoms with E-state index >= 15 is 0 Å². The van der Waals surface area contributed by atoms with Crippen molar-refractivity contribution >= 4 is 17.7 Å². The van der Waals surface area contributed by atoms with Gasteiger partial charge in [0, 0.05) is 7.05 Å². The number of ketones is 1. The first-order valence-electron chi connectivity index (χ1n) is 9.78. The molecular weight excluding hydrogens is 318 g/mol. The van der Waals surface area contributed by atoms with Gasteiger partial charge in [0.2, 0.25) is 0 Å². The molecule has 5 aliphatic rings. The van der Waals surface area contributed by atoms with Crippen LogP contribution in [0.2, 0.25) is 0 Å². The fourth-order valence-electron chi connectivity index (χ4n) is 5.72. The zero-order valence-corrected chi connectivity index (χ0v) is 15.3. The summed E-state index contributed by atoms with van der Waals surface area (Å²) in [7, 11) is 1.74. The molecule has 0 aromatic heterocycles. The summed E-state index contributed by atoms with van der Waals surface area (Å²) >= 11 is 0. The van der Waals surface area contributed by atoms with Crippen molar-refractivity contribution in [3.63, 3.8) is 0 Å².